The molecule has 0 aliphatic carbocycles. The first-order valence-electron chi connectivity index (χ1n) is 8.18. The molecule has 5 nitrogen and oxygen atoms in total. The summed E-state index contributed by atoms with van der Waals surface area (Å²) in [5, 5.41) is 2.85. The number of hydrogen-bond donors (Lipinski definition) is 1. The van der Waals surface area contributed by atoms with Crippen LogP contribution >= 0.6 is 0 Å². The van der Waals surface area contributed by atoms with Crippen LogP contribution in [-0.4, -0.2) is 24.5 Å². The van der Waals surface area contributed by atoms with Gasteiger partial charge in [-0.05, 0) is 48.4 Å². The number of nitrogens with zero attached hydrogens (tertiary/aromatic N) is 1. The number of carbonyl (C=O) groups excluding carboxylic acids is 2. The van der Waals surface area contributed by atoms with Gasteiger partial charge >= 0.3 is 0 Å². The number of ether oxygens (including phenoxy) is 1. The van der Waals surface area contributed by atoms with Crippen LogP contribution < -0.4 is 15.0 Å². The molecule has 2 heterocycles. The van der Waals surface area contributed by atoms with Crippen molar-refractivity contribution in [2.24, 2.45) is 0 Å². The molecule has 2 amide bonds. The summed E-state index contributed by atoms with van der Waals surface area (Å²) in [5.74, 6) is -0.0393. The van der Waals surface area contributed by atoms with Gasteiger partial charge in [0, 0.05) is 36.8 Å². The van der Waals surface area contributed by atoms with Crippen LogP contribution in [0.3, 0.4) is 0 Å². The van der Waals surface area contributed by atoms with Gasteiger partial charge in [0.05, 0.1) is 0 Å². The number of benzene rings is 2. The summed E-state index contributed by atoms with van der Waals surface area (Å²) in [5.41, 5.74) is 3.29. The van der Waals surface area contributed by atoms with Crippen LogP contribution in [0.25, 0.3) is 0 Å². The lowest BCUT2D eigenvalue weighted by atomic mass is 10.1. The second kappa shape index (κ2) is 5.88. The minimum absolute atomic E-state index is 0.0138. The van der Waals surface area contributed by atoms with Crippen molar-refractivity contribution < 1.29 is 18.7 Å². The Morgan fingerprint density at radius 2 is 2.04 bits per heavy atom. The third-order valence-electron chi connectivity index (χ3n) is 4.61. The first kappa shape index (κ1) is 15.6. The van der Waals surface area contributed by atoms with Crippen molar-refractivity contribution in [2.45, 2.75) is 25.9 Å². The number of anilines is 2. The highest BCUT2D eigenvalue weighted by Crippen LogP contribution is 2.32. The van der Waals surface area contributed by atoms with Gasteiger partial charge < -0.3 is 15.0 Å². The third-order valence-corrected chi connectivity index (χ3v) is 4.61. The highest BCUT2D eigenvalue weighted by Gasteiger charge is 2.30. The zero-order valence-corrected chi connectivity index (χ0v) is 13.7. The predicted octanol–water partition coefficient (Wildman–Crippen LogP) is 2.68. The summed E-state index contributed by atoms with van der Waals surface area (Å²) in [6, 6.07) is 9.77. The molecule has 0 aromatic heterocycles. The second-order valence-electron chi connectivity index (χ2n) is 6.32. The maximum Gasteiger partial charge on any atom is 0.265 e. The van der Waals surface area contributed by atoms with Crippen LogP contribution in [-0.2, 0) is 22.4 Å². The van der Waals surface area contributed by atoms with Crippen molar-refractivity contribution >= 4 is 23.2 Å². The van der Waals surface area contributed by atoms with E-state index in [9.17, 15) is 14.0 Å². The van der Waals surface area contributed by atoms with Crippen molar-refractivity contribution in [3.05, 3.63) is 53.3 Å². The van der Waals surface area contributed by atoms with E-state index in [2.05, 4.69) is 5.32 Å². The van der Waals surface area contributed by atoms with Crippen LogP contribution in [0.4, 0.5) is 15.8 Å². The summed E-state index contributed by atoms with van der Waals surface area (Å²) in [7, 11) is 0. The van der Waals surface area contributed by atoms with Gasteiger partial charge in [0.15, 0.2) is 6.10 Å². The highest BCUT2D eigenvalue weighted by molar-refractivity contribution is 5.97. The zero-order valence-electron chi connectivity index (χ0n) is 13.7. The molecule has 1 unspecified atom stereocenters. The number of rotatable bonds is 2. The average Bonchev–Trinajstić information content (AvgIpc) is 3.17. The largest absolute Gasteiger partial charge is 0.480 e. The highest BCUT2D eigenvalue weighted by atomic mass is 19.1. The standard InChI is InChI=1S/C19H17FN2O3/c1-11(23)22-7-6-12-9-15(3-4-16(12)22)21-19(24)18-10-13-8-14(20)2-5-17(13)25-18/h2-5,8-9,18H,6-7,10H2,1H3,(H,21,24). The van der Waals surface area contributed by atoms with Crippen molar-refractivity contribution in [1.82, 2.24) is 0 Å². The fraction of sp³-hybridized carbons (Fsp3) is 0.263. The van der Waals surface area contributed by atoms with E-state index in [0.717, 1.165) is 17.7 Å². The first-order chi connectivity index (χ1) is 12.0. The Morgan fingerprint density at radius 1 is 1.20 bits per heavy atom. The third kappa shape index (κ3) is 2.84. The maximum atomic E-state index is 13.3. The van der Waals surface area contributed by atoms with E-state index in [1.54, 1.807) is 24.0 Å². The van der Waals surface area contributed by atoms with E-state index in [1.807, 2.05) is 12.1 Å². The van der Waals surface area contributed by atoms with Crippen molar-refractivity contribution in [1.29, 1.82) is 0 Å². The van der Waals surface area contributed by atoms with Crippen molar-refractivity contribution in [3.63, 3.8) is 0 Å². The molecule has 0 saturated carbocycles. The fourth-order valence-corrected chi connectivity index (χ4v) is 3.39. The number of halogens is 1. The molecule has 0 spiro atoms. The molecule has 0 fully saturated rings. The molecule has 128 valence electrons. The minimum atomic E-state index is -0.668. The van der Waals surface area contributed by atoms with Crippen molar-refractivity contribution in [2.75, 3.05) is 16.8 Å². The molecule has 2 aromatic rings. The number of hydrogen-bond acceptors (Lipinski definition) is 3. The van der Waals surface area contributed by atoms with E-state index in [-0.39, 0.29) is 17.6 Å². The van der Waals surface area contributed by atoms with E-state index in [4.69, 9.17) is 4.74 Å². The van der Waals surface area contributed by atoms with Crippen LogP contribution in [0.5, 0.6) is 5.75 Å². The van der Waals surface area contributed by atoms with Gasteiger partial charge in [0.2, 0.25) is 5.91 Å². The van der Waals surface area contributed by atoms with Gasteiger partial charge in [0.1, 0.15) is 11.6 Å². The lowest BCUT2D eigenvalue weighted by molar-refractivity contribution is -0.122. The molecular weight excluding hydrogens is 323 g/mol. The van der Waals surface area contributed by atoms with Gasteiger partial charge in [-0.3, -0.25) is 9.59 Å². The van der Waals surface area contributed by atoms with Crippen LogP contribution in [0.2, 0.25) is 0 Å². The topological polar surface area (TPSA) is 58.6 Å². The quantitative estimate of drug-likeness (QED) is 0.914. The Bertz CT molecular complexity index is 881. The maximum absolute atomic E-state index is 13.3. The SMILES string of the molecule is CC(=O)N1CCc2cc(NC(=O)C3Cc4cc(F)ccc4O3)ccc21. The van der Waals surface area contributed by atoms with Crippen LogP contribution in [0.15, 0.2) is 36.4 Å². The number of carbonyl (C=O) groups is 2. The molecule has 0 saturated heterocycles. The Hall–Kier alpha value is -2.89. The molecule has 2 aliphatic rings. The molecule has 2 aliphatic heterocycles. The van der Waals surface area contributed by atoms with E-state index in [1.165, 1.54) is 12.1 Å². The lowest BCUT2D eigenvalue weighted by Gasteiger charge is -2.15. The molecule has 1 atom stereocenters. The minimum Gasteiger partial charge on any atom is -0.480 e. The normalized spacial score (nSPS) is 17.7. The van der Waals surface area contributed by atoms with Crippen LogP contribution in [0, 0.1) is 5.82 Å². The fourth-order valence-electron chi connectivity index (χ4n) is 3.39. The summed E-state index contributed by atoms with van der Waals surface area (Å²) < 4.78 is 18.9. The Balaban J connectivity index is 1.47. The summed E-state index contributed by atoms with van der Waals surface area (Å²) in [4.78, 5) is 25.8. The molecule has 6 heteroatoms. The van der Waals surface area contributed by atoms with Gasteiger partial charge in [-0.25, -0.2) is 4.39 Å². The number of nitrogens with one attached hydrogen (secondary N) is 1. The van der Waals surface area contributed by atoms with Gasteiger partial charge in [0.25, 0.3) is 5.91 Å². The van der Waals surface area contributed by atoms with E-state index < -0.39 is 6.10 Å². The lowest BCUT2D eigenvalue weighted by Crippen LogP contribution is -2.31. The molecule has 25 heavy (non-hydrogen) atoms. The number of amides is 2. The summed E-state index contributed by atoms with van der Waals surface area (Å²) in [6.45, 7) is 2.21. The van der Waals surface area contributed by atoms with E-state index in [0.29, 0.717) is 30.0 Å². The van der Waals surface area contributed by atoms with Gasteiger partial charge in [-0.2, -0.15) is 0 Å². The number of fused-ring (bicyclic) bond motifs is 2. The Labute approximate surface area is 144 Å². The monoisotopic (exact) mass is 340 g/mol. The Kier molecular flexibility index (Phi) is 3.67. The van der Waals surface area contributed by atoms with Gasteiger partial charge in [-0.1, -0.05) is 0 Å². The zero-order chi connectivity index (χ0) is 17.6. The smallest absolute Gasteiger partial charge is 0.265 e. The predicted molar refractivity (Wildman–Crippen MR) is 91.3 cm³/mol. The molecular formula is C19H17FN2O3. The van der Waals surface area contributed by atoms with Crippen molar-refractivity contribution in [3.8, 4) is 5.75 Å². The molecule has 4 rings (SSSR count). The summed E-state index contributed by atoms with van der Waals surface area (Å²) in [6.07, 6.45) is 0.449. The first-order valence-corrected chi connectivity index (χ1v) is 8.18. The Morgan fingerprint density at radius 3 is 2.84 bits per heavy atom. The van der Waals surface area contributed by atoms with E-state index >= 15 is 0 Å². The average molecular weight is 340 g/mol. The molecule has 1 N–H and O–H groups in total. The molecule has 0 radical (unpaired) electrons. The molecule has 0 bridgehead atoms. The second-order valence-corrected chi connectivity index (χ2v) is 6.32. The molecule has 2 aromatic carbocycles. The summed E-state index contributed by atoms with van der Waals surface area (Å²) >= 11 is 0. The van der Waals surface area contributed by atoms with Gasteiger partial charge in [-0.15, -0.1) is 0 Å². The van der Waals surface area contributed by atoms with Crippen LogP contribution in [0.1, 0.15) is 18.1 Å².